The van der Waals surface area contributed by atoms with Crippen LogP contribution in [0.15, 0.2) is 219 Å². The van der Waals surface area contributed by atoms with E-state index in [9.17, 15) is 0 Å². The lowest BCUT2D eigenvalue weighted by Gasteiger charge is -2.15. The second-order valence-electron chi connectivity index (χ2n) is 15.8. The Morgan fingerprint density at radius 1 is 0.258 bits per heavy atom. The van der Waals surface area contributed by atoms with Crippen LogP contribution in [0.1, 0.15) is 0 Å². The summed E-state index contributed by atoms with van der Waals surface area (Å²) in [5, 5.41) is 9.29. The van der Waals surface area contributed by atoms with Crippen molar-refractivity contribution in [1.29, 1.82) is 0 Å². The zero-order valence-corrected chi connectivity index (χ0v) is 33.6. The predicted octanol–water partition coefficient (Wildman–Crippen LogP) is 15.0. The minimum absolute atomic E-state index is 0.631. The lowest BCUT2D eigenvalue weighted by Crippen LogP contribution is -1.98. The summed E-state index contributed by atoms with van der Waals surface area (Å²) in [5.41, 5.74) is 12.6. The van der Waals surface area contributed by atoms with Crippen molar-refractivity contribution in [2.24, 2.45) is 0 Å². The lowest BCUT2D eigenvalue weighted by molar-refractivity contribution is 1.18. The molecule has 0 aliphatic heterocycles. The third kappa shape index (κ3) is 6.16. The van der Waals surface area contributed by atoms with E-state index in [1.807, 2.05) is 18.3 Å². The summed E-state index contributed by atoms with van der Waals surface area (Å²) in [7, 11) is 0. The van der Waals surface area contributed by atoms with Gasteiger partial charge in [-0.2, -0.15) is 0 Å². The SMILES string of the molecule is c1ccc(-c2ccc(-c3cc(-c4ccccc4)nc(-c4cc(-c5cnc6c7ccccc7c7ccccc7c6n5)cc(-c5cc6ccccc6c6ccccc56)c4)n3)cc2)cc1. The molecule has 62 heavy (non-hydrogen) atoms. The van der Waals surface area contributed by atoms with Gasteiger partial charge in [-0.15, -0.1) is 0 Å². The molecule has 0 aliphatic rings. The summed E-state index contributed by atoms with van der Waals surface area (Å²) >= 11 is 0. The molecule has 0 unspecified atom stereocenters. The van der Waals surface area contributed by atoms with Crippen molar-refractivity contribution in [2.45, 2.75) is 0 Å². The highest BCUT2D eigenvalue weighted by Crippen LogP contribution is 2.40. The van der Waals surface area contributed by atoms with Gasteiger partial charge in [0.05, 0.1) is 34.3 Å². The summed E-state index contributed by atoms with van der Waals surface area (Å²) in [4.78, 5) is 21.3. The summed E-state index contributed by atoms with van der Waals surface area (Å²) in [5.74, 6) is 0.631. The highest BCUT2D eigenvalue weighted by Gasteiger charge is 2.18. The Morgan fingerprint density at radius 3 is 1.40 bits per heavy atom. The Morgan fingerprint density at radius 2 is 0.726 bits per heavy atom. The number of hydrogen-bond donors (Lipinski definition) is 0. The van der Waals surface area contributed by atoms with Crippen molar-refractivity contribution in [3.05, 3.63) is 219 Å². The monoisotopic (exact) mass is 788 g/mol. The van der Waals surface area contributed by atoms with Crippen LogP contribution in [-0.4, -0.2) is 19.9 Å². The molecule has 288 valence electrons. The van der Waals surface area contributed by atoms with Gasteiger partial charge in [-0.25, -0.2) is 15.0 Å². The average molecular weight is 789 g/mol. The molecule has 4 nitrogen and oxygen atoms in total. The molecule has 0 N–H and O–H groups in total. The number of nitrogens with zero attached hydrogens (tertiary/aromatic N) is 4. The summed E-state index contributed by atoms with van der Waals surface area (Å²) in [6.07, 6.45) is 1.92. The van der Waals surface area contributed by atoms with Gasteiger partial charge in [0.2, 0.25) is 0 Å². The molecule has 12 aromatic rings. The first-order valence-electron chi connectivity index (χ1n) is 21.0. The van der Waals surface area contributed by atoms with E-state index in [-0.39, 0.29) is 0 Å². The molecule has 10 aromatic carbocycles. The van der Waals surface area contributed by atoms with Crippen molar-refractivity contribution < 1.29 is 0 Å². The first-order chi connectivity index (χ1) is 30.7. The minimum atomic E-state index is 0.631. The standard InChI is InChI=1S/C58H36N4/c1-3-15-37(16-4-1)38-27-29-40(30-28-38)54-35-53(39-17-5-2-6-18-39)61-58(62-54)44-32-42(52-34-41-19-7-8-20-45(41)46-21-9-10-24-49(46)52)31-43(33-44)55-36-59-56-50-25-13-11-22-47(50)48-23-12-14-26-51(48)57(56)60-55/h1-36H. The molecule has 0 atom stereocenters. The fourth-order valence-electron chi connectivity index (χ4n) is 9.06. The molecule has 0 amide bonds. The maximum atomic E-state index is 5.47. The van der Waals surface area contributed by atoms with E-state index in [2.05, 4.69) is 200 Å². The number of aromatic nitrogens is 4. The highest BCUT2D eigenvalue weighted by molar-refractivity contribution is 6.23. The number of rotatable bonds is 6. The van der Waals surface area contributed by atoms with E-state index in [4.69, 9.17) is 19.9 Å². The predicted molar refractivity (Wildman–Crippen MR) is 258 cm³/mol. The topological polar surface area (TPSA) is 51.6 Å². The van der Waals surface area contributed by atoms with Crippen LogP contribution in [0, 0.1) is 0 Å². The Bertz CT molecular complexity index is 3640. The van der Waals surface area contributed by atoms with Gasteiger partial charge in [0.15, 0.2) is 5.82 Å². The fourth-order valence-corrected chi connectivity index (χ4v) is 9.06. The maximum Gasteiger partial charge on any atom is 0.160 e. The minimum Gasteiger partial charge on any atom is -0.252 e. The molecule has 0 radical (unpaired) electrons. The van der Waals surface area contributed by atoms with Crippen LogP contribution >= 0.6 is 0 Å². The normalized spacial score (nSPS) is 11.5. The van der Waals surface area contributed by atoms with E-state index >= 15 is 0 Å². The molecular weight excluding hydrogens is 753 g/mol. The van der Waals surface area contributed by atoms with Crippen molar-refractivity contribution in [3.63, 3.8) is 0 Å². The van der Waals surface area contributed by atoms with Gasteiger partial charge < -0.3 is 0 Å². The van der Waals surface area contributed by atoms with Crippen LogP contribution in [0.25, 0.3) is 122 Å². The Labute approximate surface area is 358 Å². The average Bonchev–Trinajstić information content (AvgIpc) is 3.36. The fraction of sp³-hybridized carbons (Fsp3) is 0. The van der Waals surface area contributed by atoms with E-state index in [0.29, 0.717) is 5.82 Å². The van der Waals surface area contributed by atoms with E-state index in [0.717, 1.165) is 83.2 Å². The van der Waals surface area contributed by atoms with Gasteiger partial charge in [-0.05, 0) is 84.9 Å². The van der Waals surface area contributed by atoms with Gasteiger partial charge in [-0.1, -0.05) is 182 Å². The van der Waals surface area contributed by atoms with Crippen molar-refractivity contribution in [2.75, 3.05) is 0 Å². The van der Waals surface area contributed by atoms with E-state index < -0.39 is 0 Å². The van der Waals surface area contributed by atoms with Crippen LogP contribution in [0.3, 0.4) is 0 Å². The first kappa shape index (κ1) is 35.6. The van der Waals surface area contributed by atoms with Gasteiger partial charge in [0.1, 0.15) is 0 Å². The van der Waals surface area contributed by atoms with Crippen LogP contribution in [-0.2, 0) is 0 Å². The highest BCUT2D eigenvalue weighted by atomic mass is 14.9. The smallest absolute Gasteiger partial charge is 0.160 e. The van der Waals surface area contributed by atoms with Crippen LogP contribution in [0.4, 0.5) is 0 Å². The zero-order chi connectivity index (χ0) is 41.0. The molecule has 0 spiro atoms. The van der Waals surface area contributed by atoms with Crippen molar-refractivity contribution >= 4 is 54.1 Å². The van der Waals surface area contributed by atoms with Crippen molar-refractivity contribution in [3.8, 4) is 67.4 Å². The van der Waals surface area contributed by atoms with E-state index in [1.54, 1.807) is 0 Å². The third-order valence-corrected chi connectivity index (χ3v) is 12.1. The van der Waals surface area contributed by atoms with Gasteiger partial charge in [0.25, 0.3) is 0 Å². The van der Waals surface area contributed by atoms with Gasteiger partial charge >= 0.3 is 0 Å². The van der Waals surface area contributed by atoms with E-state index in [1.165, 1.54) is 32.5 Å². The summed E-state index contributed by atoms with van der Waals surface area (Å²) in [6.45, 7) is 0. The first-order valence-corrected chi connectivity index (χ1v) is 21.0. The maximum absolute atomic E-state index is 5.47. The van der Waals surface area contributed by atoms with Crippen molar-refractivity contribution in [1.82, 2.24) is 19.9 Å². The molecule has 2 aromatic heterocycles. The second kappa shape index (κ2) is 14.7. The molecule has 0 saturated heterocycles. The third-order valence-electron chi connectivity index (χ3n) is 12.1. The zero-order valence-electron chi connectivity index (χ0n) is 33.6. The Kier molecular flexibility index (Phi) is 8.46. The number of fused-ring (bicyclic) bond motifs is 9. The van der Waals surface area contributed by atoms with Crippen LogP contribution in [0.5, 0.6) is 0 Å². The molecule has 2 heterocycles. The molecule has 0 bridgehead atoms. The van der Waals surface area contributed by atoms with Crippen LogP contribution in [0.2, 0.25) is 0 Å². The molecule has 4 heteroatoms. The lowest BCUT2D eigenvalue weighted by atomic mass is 9.91. The summed E-state index contributed by atoms with van der Waals surface area (Å²) < 4.78 is 0. The molecule has 0 aliphatic carbocycles. The van der Waals surface area contributed by atoms with Crippen LogP contribution < -0.4 is 0 Å². The number of hydrogen-bond acceptors (Lipinski definition) is 4. The summed E-state index contributed by atoms with van der Waals surface area (Å²) in [6, 6.07) is 74.9. The van der Waals surface area contributed by atoms with Gasteiger partial charge in [-0.3, -0.25) is 4.98 Å². The largest absolute Gasteiger partial charge is 0.252 e. The number of benzene rings is 10. The Hall–Kier alpha value is -8.34. The second-order valence-corrected chi connectivity index (χ2v) is 15.8. The molecule has 0 saturated carbocycles. The quantitative estimate of drug-likeness (QED) is 0.158. The van der Waals surface area contributed by atoms with Gasteiger partial charge in [0, 0.05) is 33.0 Å². The molecular formula is C58H36N4. The molecule has 0 fully saturated rings. The molecule has 12 rings (SSSR count). The Balaban J connectivity index is 1.11.